The number of rotatable bonds is 5. The fourth-order valence-electron chi connectivity index (χ4n) is 1.57. The summed E-state index contributed by atoms with van der Waals surface area (Å²) in [5, 5.41) is 0. The molecule has 0 saturated heterocycles. The minimum absolute atomic E-state index is 0.110. The van der Waals surface area contributed by atoms with Crippen molar-refractivity contribution in [2.75, 3.05) is 6.61 Å². The molecule has 0 saturated carbocycles. The first-order valence-corrected chi connectivity index (χ1v) is 5.88. The molecule has 0 aliphatic rings. The van der Waals surface area contributed by atoms with E-state index in [4.69, 9.17) is 9.15 Å². The van der Waals surface area contributed by atoms with Gasteiger partial charge in [-0.25, -0.2) is 0 Å². The molecule has 0 aliphatic carbocycles. The summed E-state index contributed by atoms with van der Waals surface area (Å²) in [6.45, 7) is 4.44. The van der Waals surface area contributed by atoms with Gasteiger partial charge < -0.3 is 9.15 Å². The van der Waals surface area contributed by atoms with Crippen molar-refractivity contribution >= 4 is 5.78 Å². The molecule has 18 heavy (non-hydrogen) atoms. The molecule has 2 aromatic rings. The summed E-state index contributed by atoms with van der Waals surface area (Å²) in [6.07, 6.45) is 5.51. The minimum Gasteiger partial charge on any atom is -0.492 e. The third kappa shape index (κ3) is 2.77. The van der Waals surface area contributed by atoms with Crippen molar-refractivity contribution in [2.45, 2.75) is 20.3 Å². The van der Waals surface area contributed by atoms with Crippen LogP contribution in [0, 0.1) is 6.92 Å². The zero-order chi connectivity index (χ0) is 13.0. The molecular formula is C14H15NO3. The molecule has 94 valence electrons. The van der Waals surface area contributed by atoms with E-state index in [1.165, 1.54) is 12.5 Å². The Bertz CT molecular complexity index is 545. The fourth-order valence-corrected chi connectivity index (χ4v) is 1.57. The van der Waals surface area contributed by atoms with Gasteiger partial charge in [-0.15, -0.1) is 0 Å². The van der Waals surface area contributed by atoms with E-state index in [0.29, 0.717) is 29.2 Å². The molecule has 4 nitrogen and oxygen atoms in total. The molecule has 0 unspecified atom stereocenters. The number of ketones is 1. The van der Waals surface area contributed by atoms with Crippen LogP contribution < -0.4 is 4.74 Å². The second-order valence-corrected chi connectivity index (χ2v) is 4.03. The van der Waals surface area contributed by atoms with Gasteiger partial charge in [-0.05, 0) is 25.5 Å². The normalized spacial score (nSPS) is 10.3. The van der Waals surface area contributed by atoms with Gasteiger partial charge in [0, 0.05) is 11.8 Å². The summed E-state index contributed by atoms with van der Waals surface area (Å²) in [4.78, 5) is 16.1. The number of nitrogens with zero attached hydrogens (tertiary/aromatic N) is 1. The summed E-state index contributed by atoms with van der Waals surface area (Å²) in [5.41, 5.74) is 1.03. The van der Waals surface area contributed by atoms with Gasteiger partial charge in [-0.1, -0.05) is 6.92 Å². The van der Waals surface area contributed by atoms with Crippen molar-refractivity contribution in [1.29, 1.82) is 0 Å². The third-order valence-electron chi connectivity index (χ3n) is 2.44. The highest BCUT2D eigenvalue weighted by molar-refractivity contribution is 6.08. The van der Waals surface area contributed by atoms with E-state index in [1.54, 1.807) is 25.3 Å². The third-order valence-corrected chi connectivity index (χ3v) is 2.44. The average molecular weight is 245 g/mol. The van der Waals surface area contributed by atoms with Crippen molar-refractivity contribution in [1.82, 2.24) is 4.98 Å². The van der Waals surface area contributed by atoms with E-state index in [1.807, 2.05) is 6.92 Å². The van der Waals surface area contributed by atoms with Crippen LogP contribution in [0.15, 0.2) is 35.2 Å². The molecule has 0 fully saturated rings. The van der Waals surface area contributed by atoms with Crippen LogP contribution in [0.25, 0.3) is 0 Å². The molecule has 2 rings (SSSR count). The highest BCUT2D eigenvalue weighted by Crippen LogP contribution is 2.16. The molecule has 0 aromatic carbocycles. The highest BCUT2D eigenvalue weighted by Gasteiger charge is 2.12. The SMILES string of the molecule is CCCOc1cncc(C(=O)c2coc(C)c2)c1. The molecular weight excluding hydrogens is 230 g/mol. The summed E-state index contributed by atoms with van der Waals surface area (Å²) < 4.78 is 10.6. The Kier molecular flexibility index (Phi) is 3.77. The van der Waals surface area contributed by atoms with Crippen LogP contribution in [0.4, 0.5) is 0 Å². The van der Waals surface area contributed by atoms with Gasteiger partial charge in [0.15, 0.2) is 5.78 Å². The van der Waals surface area contributed by atoms with Gasteiger partial charge in [-0.3, -0.25) is 9.78 Å². The largest absolute Gasteiger partial charge is 0.492 e. The second-order valence-electron chi connectivity index (χ2n) is 4.03. The van der Waals surface area contributed by atoms with Crippen LogP contribution in [0.2, 0.25) is 0 Å². The molecule has 0 N–H and O–H groups in total. The number of aryl methyl sites for hydroxylation is 1. The van der Waals surface area contributed by atoms with Crippen LogP contribution in [0.1, 0.15) is 35.0 Å². The number of carbonyl (C=O) groups excluding carboxylic acids is 1. The number of hydrogen-bond acceptors (Lipinski definition) is 4. The molecule has 2 heterocycles. The Morgan fingerprint density at radius 3 is 2.83 bits per heavy atom. The predicted octanol–water partition coefficient (Wildman–Crippen LogP) is 3.00. The Morgan fingerprint density at radius 1 is 1.33 bits per heavy atom. The molecule has 0 aliphatic heterocycles. The van der Waals surface area contributed by atoms with Gasteiger partial charge in [0.25, 0.3) is 0 Å². The van der Waals surface area contributed by atoms with Crippen molar-refractivity contribution in [3.8, 4) is 5.75 Å². The minimum atomic E-state index is -0.110. The number of hydrogen-bond donors (Lipinski definition) is 0. The van der Waals surface area contributed by atoms with Crippen LogP contribution in [0.5, 0.6) is 5.75 Å². The van der Waals surface area contributed by atoms with Crippen LogP contribution in [-0.2, 0) is 0 Å². The van der Waals surface area contributed by atoms with Crippen molar-refractivity contribution < 1.29 is 13.9 Å². The summed E-state index contributed by atoms with van der Waals surface area (Å²) in [7, 11) is 0. The van der Waals surface area contributed by atoms with E-state index in [2.05, 4.69) is 4.98 Å². The summed E-state index contributed by atoms with van der Waals surface area (Å²) in [6, 6.07) is 3.41. The monoisotopic (exact) mass is 245 g/mol. The lowest BCUT2D eigenvalue weighted by Crippen LogP contribution is -2.02. The molecule has 4 heteroatoms. The number of aromatic nitrogens is 1. The maximum absolute atomic E-state index is 12.1. The molecule has 2 aromatic heterocycles. The molecule has 0 bridgehead atoms. The van der Waals surface area contributed by atoms with Gasteiger partial charge in [0.05, 0.1) is 18.4 Å². The first-order chi connectivity index (χ1) is 8.70. The number of carbonyl (C=O) groups is 1. The number of ether oxygens (including phenoxy) is 1. The van der Waals surface area contributed by atoms with Gasteiger partial charge in [0.1, 0.15) is 17.8 Å². The van der Waals surface area contributed by atoms with E-state index in [0.717, 1.165) is 6.42 Å². The van der Waals surface area contributed by atoms with Crippen molar-refractivity contribution in [3.05, 3.63) is 47.7 Å². The smallest absolute Gasteiger partial charge is 0.197 e. The molecule has 0 amide bonds. The van der Waals surface area contributed by atoms with Crippen molar-refractivity contribution in [3.63, 3.8) is 0 Å². The average Bonchev–Trinajstić information content (AvgIpc) is 2.82. The predicted molar refractivity (Wildman–Crippen MR) is 66.9 cm³/mol. The Balaban J connectivity index is 2.20. The molecule has 0 spiro atoms. The lowest BCUT2D eigenvalue weighted by Gasteiger charge is -2.05. The van der Waals surface area contributed by atoms with Gasteiger partial charge >= 0.3 is 0 Å². The van der Waals surface area contributed by atoms with Crippen molar-refractivity contribution in [2.24, 2.45) is 0 Å². The molecule has 0 radical (unpaired) electrons. The van der Waals surface area contributed by atoms with E-state index >= 15 is 0 Å². The first-order valence-electron chi connectivity index (χ1n) is 5.88. The Labute approximate surface area is 106 Å². The van der Waals surface area contributed by atoms with Gasteiger partial charge in [0.2, 0.25) is 0 Å². The summed E-state index contributed by atoms with van der Waals surface area (Å²) in [5.74, 6) is 1.22. The number of pyridine rings is 1. The quantitative estimate of drug-likeness (QED) is 0.760. The van der Waals surface area contributed by atoms with Gasteiger partial charge in [-0.2, -0.15) is 0 Å². The lowest BCUT2D eigenvalue weighted by atomic mass is 10.1. The maximum Gasteiger partial charge on any atom is 0.197 e. The van der Waals surface area contributed by atoms with E-state index < -0.39 is 0 Å². The van der Waals surface area contributed by atoms with E-state index in [-0.39, 0.29) is 5.78 Å². The summed E-state index contributed by atoms with van der Waals surface area (Å²) >= 11 is 0. The number of furan rings is 1. The first kappa shape index (κ1) is 12.4. The Morgan fingerprint density at radius 2 is 2.17 bits per heavy atom. The molecule has 0 atom stereocenters. The van der Waals surface area contributed by atoms with Crippen LogP contribution in [0.3, 0.4) is 0 Å². The van der Waals surface area contributed by atoms with Crippen LogP contribution >= 0.6 is 0 Å². The highest BCUT2D eigenvalue weighted by atomic mass is 16.5. The lowest BCUT2D eigenvalue weighted by molar-refractivity contribution is 0.103. The van der Waals surface area contributed by atoms with Crippen LogP contribution in [-0.4, -0.2) is 17.4 Å². The fraction of sp³-hybridized carbons (Fsp3) is 0.286. The standard InChI is InChI=1S/C14H15NO3/c1-3-4-17-13-6-11(7-15-8-13)14(16)12-5-10(2)18-9-12/h5-9H,3-4H2,1-2H3. The topological polar surface area (TPSA) is 52.3 Å². The zero-order valence-corrected chi connectivity index (χ0v) is 10.5. The second kappa shape index (κ2) is 5.49. The van der Waals surface area contributed by atoms with E-state index in [9.17, 15) is 4.79 Å². The Hall–Kier alpha value is -2.10. The zero-order valence-electron chi connectivity index (χ0n) is 10.5. The maximum atomic E-state index is 12.1.